The number of ether oxygens (including phenoxy) is 4. The highest BCUT2D eigenvalue weighted by atomic mass is 16.5. The van der Waals surface area contributed by atoms with Crippen LogP contribution in [0.1, 0.15) is 13.8 Å². The van der Waals surface area contributed by atoms with Crippen LogP contribution in [0.3, 0.4) is 0 Å². The first-order valence-electron chi connectivity index (χ1n) is 7.51. The van der Waals surface area contributed by atoms with Gasteiger partial charge in [0, 0.05) is 20.3 Å². The molecule has 0 spiro atoms. The third kappa shape index (κ3) is 5.54. The van der Waals surface area contributed by atoms with Crippen molar-refractivity contribution >= 4 is 10.9 Å². The van der Waals surface area contributed by atoms with E-state index >= 15 is 0 Å². The highest BCUT2D eigenvalue weighted by Gasteiger charge is 2.10. The average molecular weight is 324 g/mol. The van der Waals surface area contributed by atoms with Gasteiger partial charge < -0.3 is 23.9 Å². The molecule has 0 unspecified atom stereocenters. The molecule has 0 aliphatic rings. The summed E-state index contributed by atoms with van der Waals surface area (Å²) in [4.78, 5) is 18.5. The number of benzene rings is 1. The summed E-state index contributed by atoms with van der Waals surface area (Å²) in [7, 11) is 3.19. The number of methoxy groups -OCH3 is 2. The Morgan fingerprint density at radius 2 is 1.52 bits per heavy atom. The van der Waals surface area contributed by atoms with Crippen molar-refractivity contribution in [1.29, 1.82) is 0 Å². The molecule has 7 nitrogen and oxygen atoms in total. The molecule has 23 heavy (non-hydrogen) atoms. The SMILES string of the molecule is CC.COCCOc1cc2nc[nH]c(=O)c2cc1OCCOC. The molecule has 2 rings (SSSR count). The molecule has 0 saturated carbocycles. The molecule has 0 amide bonds. The Balaban J connectivity index is 0.00000127. The van der Waals surface area contributed by atoms with Crippen LogP contribution in [-0.4, -0.2) is 50.6 Å². The molecule has 0 radical (unpaired) electrons. The van der Waals surface area contributed by atoms with E-state index in [0.29, 0.717) is 48.8 Å². The second kappa shape index (κ2) is 10.6. The van der Waals surface area contributed by atoms with Gasteiger partial charge in [0.25, 0.3) is 5.56 Å². The number of fused-ring (bicyclic) bond motifs is 1. The highest BCUT2D eigenvalue weighted by Crippen LogP contribution is 2.30. The lowest BCUT2D eigenvalue weighted by atomic mass is 10.2. The zero-order valence-electron chi connectivity index (χ0n) is 14.0. The Hall–Kier alpha value is -2.12. The summed E-state index contributed by atoms with van der Waals surface area (Å²) in [6.07, 6.45) is 1.36. The van der Waals surface area contributed by atoms with Crippen molar-refractivity contribution in [3.8, 4) is 11.5 Å². The minimum Gasteiger partial charge on any atom is -0.487 e. The molecule has 0 bridgehead atoms. The number of nitrogens with one attached hydrogen (secondary N) is 1. The Morgan fingerprint density at radius 3 is 2.09 bits per heavy atom. The number of hydrogen-bond acceptors (Lipinski definition) is 6. The van der Waals surface area contributed by atoms with Crippen LogP contribution in [0.25, 0.3) is 10.9 Å². The van der Waals surface area contributed by atoms with Gasteiger partial charge in [-0.05, 0) is 6.07 Å². The minimum absolute atomic E-state index is 0.222. The molecule has 0 saturated heterocycles. The molecule has 1 aromatic heterocycles. The lowest BCUT2D eigenvalue weighted by Gasteiger charge is -2.13. The summed E-state index contributed by atoms with van der Waals surface area (Å²) in [5.41, 5.74) is 0.324. The lowest BCUT2D eigenvalue weighted by molar-refractivity contribution is 0.132. The third-order valence-electron chi connectivity index (χ3n) is 2.80. The van der Waals surface area contributed by atoms with Crippen molar-refractivity contribution in [2.45, 2.75) is 13.8 Å². The van der Waals surface area contributed by atoms with Gasteiger partial charge in [-0.1, -0.05) is 13.8 Å². The normalized spacial score (nSPS) is 10.1. The van der Waals surface area contributed by atoms with Crippen LogP contribution >= 0.6 is 0 Å². The molecule has 1 heterocycles. The predicted molar refractivity (Wildman–Crippen MR) is 88.5 cm³/mol. The molecule has 128 valence electrons. The summed E-state index contributed by atoms with van der Waals surface area (Å²) < 4.78 is 21.1. The zero-order valence-corrected chi connectivity index (χ0v) is 14.0. The maximum absolute atomic E-state index is 11.8. The van der Waals surface area contributed by atoms with Gasteiger partial charge in [-0.15, -0.1) is 0 Å². The Bertz CT molecular complexity index is 642. The Kier molecular flexibility index (Phi) is 8.71. The van der Waals surface area contributed by atoms with Crippen molar-refractivity contribution < 1.29 is 18.9 Å². The van der Waals surface area contributed by atoms with Crippen molar-refractivity contribution in [2.24, 2.45) is 0 Å². The van der Waals surface area contributed by atoms with Crippen molar-refractivity contribution in [1.82, 2.24) is 9.97 Å². The summed E-state index contributed by atoms with van der Waals surface area (Å²) in [6, 6.07) is 3.31. The molecular formula is C16H24N2O5. The third-order valence-corrected chi connectivity index (χ3v) is 2.80. The monoisotopic (exact) mass is 324 g/mol. The summed E-state index contributed by atoms with van der Waals surface area (Å²) >= 11 is 0. The van der Waals surface area contributed by atoms with Gasteiger partial charge in [0.2, 0.25) is 0 Å². The summed E-state index contributed by atoms with van der Waals surface area (Å²) in [6.45, 7) is 5.64. The average Bonchev–Trinajstić information content (AvgIpc) is 2.58. The Morgan fingerprint density at radius 1 is 0.957 bits per heavy atom. The maximum Gasteiger partial charge on any atom is 0.258 e. The van der Waals surface area contributed by atoms with Crippen molar-refractivity contribution in [2.75, 3.05) is 40.6 Å². The van der Waals surface area contributed by atoms with E-state index in [9.17, 15) is 4.79 Å². The fraction of sp³-hybridized carbons (Fsp3) is 0.500. The second-order valence-corrected chi connectivity index (χ2v) is 4.23. The number of rotatable bonds is 8. The number of aromatic amines is 1. The zero-order chi connectivity index (χ0) is 17.1. The smallest absolute Gasteiger partial charge is 0.258 e. The molecule has 0 fully saturated rings. The quantitative estimate of drug-likeness (QED) is 0.748. The standard InChI is InChI=1S/C14H18N2O5.C2H6/c1-18-3-5-20-12-7-10-11(15-9-16-14(10)17)8-13(12)21-6-4-19-2;1-2/h7-9H,3-6H2,1-2H3,(H,15,16,17);1-2H3. The van der Waals surface area contributed by atoms with E-state index in [0.717, 1.165) is 0 Å². The van der Waals surface area contributed by atoms with Gasteiger partial charge in [-0.3, -0.25) is 4.79 Å². The molecule has 7 heteroatoms. The van der Waals surface area contributed by atoms with Gasteiger partial charge in [0.15, 0.2) is 11.5 Å². The van der Waals surface area contributed by atoms with Crippen LogP contribution in [-0.2, 0) is 9.47 Å². The van der Waals surface area contributed by atoms with E-state index in [4.69, 9.17) is 18.9 Å². The van der Waals surface area contributed by atoms with Gasteiger partial charge in [-0.25, -0.2) is 4.98 Å². The van der Waals surface area contributed by atoms with E-state index in [1.54, 1.807) is 26.4 Å². The molecular weight excluding hydrogens is 300 g/mol. The number of aromatic nitrogens is 2. The largest absolute Gasteiger partial charge is 0.487 e. The maximum atomic E-state index is 11.8. The topological polar surface area (TPSA) is 82.7 Å². The fourth-order valence-corrected chi connectivity index (χ4v) is 1.77. The van der Waals surface area contributed by atoms with Crippen LogP contribution in [0.5, 0.6) is 11.5 Å². The molecule has 0 aliphatic carbocycles. The van der Waals surface area contributed by atoms with E-state index in [-0.39, 0.29) is 5.56 Å². The highest BCUT2D eigenvalue weighted by molar-refractivity contribution is 5.81. The van der Waals surface area contributed by atoms with E-state index in [1.807, 2.05) is 13.8 Å². The van der Waals surface area contributed by atoms with Gasteiger partial charge in [0.1, 0.15) is 13.2 Å². The van der Waals surface area contributed by atoms with Crippen LogP contribution in [0.4, 0.5) is 0 Å². The van der Waals surface area contributed by atoms with Gasteiger partial charge >= 0.3 is 0 Å². The first kappa shape index (κ1) is 18.9. The minimum atomic E-state index is -0.222. The first-order chi connectivity index (χ1) is 11.3. The number of hydrogen-bond donors (Lipinski definition) is 1. The van der Waals surface area contributed by atoms with Crippen LogP contribution in [0, 0.1) is 0 Å². The van der Waals surface area contributed by atoms with Crippen molar-refractivity contribution in [3.63, 3.8) is 0 Å². The molecule has 0 aliphatic heterocycles. The van der Waals surface area contributed by atoms with Gasteiger partial charge in [0.05, 0.1) is 30.4 Å². The summed E-state index contributed by atoms with van der Waals surface area (Å²) in [5, 5.41) is 0.448. The van der Waals surface area contributed by atoms with Crippen LogP contribution in [0.15, 0.2) is 23.3 Å². The predicted octanol–water partition coefficient (Wildman–Crippen LogP) is 2.00. The van der Waals surface area contributed by atoms with E-state index in [1.165, 1.54) is 6.33 Å². The van der Waals surface area contributed by atoms with Crippen LogP contribution < -0.4 is 15.0 Å². The molecule has 2 aromatic rings. The lowest BCUT2D eigenvalue weighted by Crippen LogP contribution is -2.11. The Labute approximate surface area is 135 Å². The van der Waals surface area contributed by atoms with E-state index < -0.39 is 0 Å². The van der Waals surface area contributed by atoms with Crippen LogP contribution in [0.2, 0.25) is 0 Å². The van der Waals surface area contributed by atoms with Crippen molar-refractivity contribution in [3.05, 3.63) is 28.8 Å². The number of H-pyrrole nitrogens is 1. The molecule has 0 atom stereocenters. The van der Waals surface area contributed by atoms with E-state index in [2.05, 4.69) is 9.97 Å². The molecule has 1 N–H and O–H groups in total. The summed E-state index contributed by atoms with van der Waals surface area (Å²) in [5.74, 6) is 1.00. The number of nitrogens with zero attached hydrogens (tertiary/aromatic N) is 1. The van der Waals surface area contributed by atoms with Gasteiger partial charge in [-0.2, -0.15) is 0 Å². The molecule has 1 aromatic carbocycles. The second-order valence-electron chi connectivity index (χ2n) is 4.23. The fourth-order valence-electron chi connectivity index (χ4n) is 1.77. The first-order valence-corrected chi connectivity index (χ1v) is 7.51.